The number of halogens is 2. The van der Waals surface area contributed by atoms with Crippen LogP contribution in [0.25, 0.3) is 22.8 Å². The van der Waals surface area contributed by atoms with Gasteiger partial charge in [-0.1, -0.05) is 35.9 Å². The fourth-order valence-corrected chi connectivity index (χ4v) is 6.35. The lowest BCUT2D eigenvalue weighted by Crippen LogP contribution is -2.47. The van der Waals surface area contributed by atoms with E-state index in [0.717, 1.165) is 16.8 Å². The van der Waals surface area contributed by atoms with Gasteiger partial charge in [0.1, 0.15) is 5.69 Å². The topological polar surface area (TPSA) is 120 Å². The molecule has 3 aromatic carbocycles. The van der Waals surface area contributed by atoms with E-state index in [1.54, 1.807) is 69.1 Å². The molecule has 1 N–H and O–H groups in total. The maximum Gasteiger partial charge on any atom is 0.333 e. The van der Waals surface area contributed by atoms with Crippen molar-refractivity contribution in [2.75, 3.05) is 0 Å². The smallest absolute Gasteiger partial charge is 0.333 e. The van der Waals surface area contributed by atoms with Gasteiger partial charge in [0.15, 0.2) is 5.82 Å². The molecule has 0 saturated heterocycles. The van der Waals surface area contributed by atoms with Crippen LogP contribution in [0.15, 0.2) is 113 Å². The van der Waals surface area contributed by atoms with Gasteiger partial charge in [0.05, 0.1) is 28.6 Å². The van der Waals surface area contributed by atoms with Crippen molar-refractivity contribution in [1.29, 1.82) is 0 Å². The van der Waals surface area contributed by atoms with Gasteiger partial charge < -0.3 is 10.2 Å². The van der Waals surface area contributed by atoms with Crippen LogP contribution < -0.4 is 11.0 Å². The Kier molecular flexibility index (Phi) is 8.50. The summed E-state index contributed by atoms with van der Waals surface area (Å²) >= 11 is 9.70. The Bertz CT molecular complexity index is 2200. The monoisotopic (exact) mass is 722 g/mol. The molecule has 48 heavy (non-hydrogen) atoms. The molecule has 0 spiro atoms. The van der Waals surface area contributed by atoms with Gasteiger partial charge >= 0.3 is 5.69 Å². The Labute approximate surface area is 288 Å². The second-order valence-electron chi connectivity index (χ2n) is 11.3. The fraction of sp³-hybridized carbons (Fsp3) is 0.143. The maximum absolute atomic E-state index is 14.3. The van der Waals surface area contributed by atoms with Gasteiger partial charge in [0.2, 0.25) is 0 Å². The first kappa shape index (κ1) is 31.3. The van der Waals surface area contributed by atoms with Crippen molar-refractivity contribution in [1.82, 2.24) is 39.1 Å². The molecule has 0 unspecified atom stereocenters. The molecule has 1 aliphatic heterocycles. The summed E-state index contributed by atoms with van der Waals surface area (Å²) in [4.78, 5) is 52.6. The van der Waals surface area contributed by atoms with Crippen molar-refractivity contribution >= 4 is 39.3 Å². The Balaban J connectivity index is 1.28. The number of nitrogens with one attached hydrogen (secondary N) is 1. The van der Waals surface area contributed by atoms with Gasteiger partial charge in [-0.25, -0.2) is 19.4 Å². The highest BCUT2D eigenvalue weighted by Gasteiger charge is 2.35. The number of fused-ring (bicyclic) bond motifs is 1. The Hall–Kier alpha value is -5.33. The van der Waals surface area contributed by atoms with Crippen molar-refractivity contribution < 1.29 is 9.59 Å². The molecule has 13 heteroatoms. The molecule has 4 heterocycles. The third-order valence-corrected chi connectivity index (χ3v) is 9.56. The molecule has 11 nitrogen and oxygen atoms in total. The highest BCUT2D eigenvalue weighted by molar-refractivity contribution is 9.10. The van der Waals surface area contributed by atoms with Gasteiger partial charge in [-0.2, -0.15) is 5.10 Å². The molecular formula is C35H28BrClN8O3. The van der Waals surface area contributed by atoms with Crippen LogP contribution >= 0.6 is 27.5 Å². The number of imidazole rings is 1. The van der Waals surface area contributed by atoms with Crippen LogP contribution in [0.5, 0.6) is 0 Å². The number of carbonyl (C=O) groups is 2. The third kappa shape index (κ3) is 5.84. The Morgan fingerprint density at radius 1 is 0.958 bits per heavy atom. The van der Waals surface area contributed by atoms with E-state index in [9.17, 15) is 14.4 Å². The van der Waals surface area contributed by atoms with Crippen LogP contribution in [0.3, 0.4) is 0 Å². The predicted octanol–water partition coefficient (Wildman–Crippen LogP) is 5.67. The second kappa shape index (κ2) is 13.1. The summed E-state index contributed by atoms with van der Waals surface area (Å²) < 4.78 is 5.39. The molecule has 1 atom stereocenters. The van der Waals surface area contributed by atoms with Gasteiger partial charge in [0, 0.05) is 59.5 Å². The third-order valence-electron chi connectivity index (χ3n) is 8.33. The van der Waals surface area contributed by atoms with E-state index >= 15 is 0 Å². The zero-order chi connectivity index (χ0) is 33.4. The molecule has 0 bridgehead atoms. The molecule has 0 fully saturated rings. The number of carbonyl (C=O) groups excluding carboxylic acids is 2. The Morgan fingerprint density at radius 2 is 1.71 bits per heavy atom. The quantitative estimate of drug-likeness (QED) is 0.227. The largest absolute Gasteiger partial charge is 0.347 e. The number of aromatic nitrogens is 6. The zero-order valence-electron chi connectivity index (χ0n) is 25.6. The maximum atomic E-state index is 14.3. The standard InChI is InChI=1S/C35H28BrClN8O3/c1-22-20-43-30(21-42(22)34(47)23-8-13-28(36)29(37)18-23)31(45(35(43)48)26-11-9-25(10-12-26)44-17-5-16-41-44)33(46)40-19-24-6-2-3-7-27(24)32-38-14-4-15-39-32/h2-18,22H,19-21H2,1H3,(H,40,46)/t22-/m0/s1. The van der Waals surface area contributed by atoms with E-state index in [2.05, 4.69) is 36.3 Å². The highest BCUT2D eigenvalue weighted by atomic mass is 79.9. The molecule has 7 rings (SSSR count). The SMILES string of the molecule is C[C@H]1Cn2c(c(C(=O)NCc3ccccc3-c3ncccn3)n(-c3ccc(-n4cccn4)cc3)c2=O)CN1C(=O)c1ccc(Br)c(Cl)c1. The molecule has 0 radical (unpaired) electrons. The summed E-state index contributed by atoms with van der Waals surface area (Å²) in [5.41, 5.74) is 3.51. The summed E-state index contributed by atoms with van der Waals surface area (Å²) in [5, 5.41) is 7.71. The van der Waals surface area contributed by atoms with Crippen LogP contribution in [0.4, 0.5) is 0 Å². The van der Waals surface area contributed by atoms with Crippen LogP contribution in [-0.4, -0.2) is 51.6 Å². The first-order chi connectivity index (χ1) is 23.3. The molecule has 0 saturated carbocycles. The van der Waals surface area contributed by atoms with Gasteiger partial charge in [0.25, 0.3) is 11.8 Å². The van der Waals surface area contributed by atoms with Gasteiger partial charge in [-0.3, -0.25) is 18.7 Å². The van der Waals surface area contributed by atoms with E-state index < -0.39 is 5.91 Å². The molecule has 1 aliphatic rings. The summed E-state index contributed by atoms with van der Waals surface area (Å²) in [6, 6.07) is 23.0. The summed E-state index contributed by atoms with van der Waals surface area (Å²) in [6.45, 7) is 2.28. The number of hydrogen-bond donors (Lipinski definition) is 1. The molecule has 2 amide bonds. The number of amides is 2. The van der Waals surface area contributed by atoms with E-state index in [4.69, 9.17) is 11.6 Å². The van der Waals surface area contributed by atoms with E-state index in [1.165, 1.54) is 4.57 Å². The van der Waals surface area contributed by atoms with E-state index in [0.29, 0.717) is 32.3 Å². The number of hydrogen-bond acceptors (Lipinski definition) is 6. The molecule has 240 valence electrons. The Morgan fingerprint density at radius 3 is 2.44 bits per heavy atom. The van der Waals surface area contributed by atoms with E-state index in [1.807, 2.05) is 55.6 Å². The summed E-state index contributed by atoms with van der Waals surface area (Å²) in [6.07, 6.45) is 6.83. The molecule has 0 aliphatic carbocycles. The summed E-state index contributed by atoms with van der Waals surface area (Å²) in [7, 11) is 0. The molecule has 6 aromatic rings. The first-order valence-electron chi connectivity index (χ1n) is 15.1. The minimum absolute atomic E-state index is 0.0402. The normalized spacial score (nSPS) is 14.1. The van der Waals surface area contributed by atoms with Crippen molar-refractivity contribution in [3.63, 3.8) is 0 Å². The number of nitrogens with zero attached hydrogens (tertiary/aromatic N) is 7. The predicted molar refractivity (Wildman–Crippen MR) is 184 cm³/mol. The van der Waals surface area contributed by atoms with Crippen molar-refractivity contribution in [3.8, 4) is 22.8 Å². The lowest BCUT2D eigenvalue weighted by atomic mass is 10.1. The minimum Gasteiger partial charge on any atom is -0.347 e. The van der Waals surface area contributed by atoms with Crippen LogP contribution in [0.2, 0.25) is 5.02 Å². The molecular weight excluding hydrogens is 696 g/mol. The van der Waals surface area contributed by atoms with Gasteiger partial charge in [-0.05, 0) is 83.0 Å². The first-order valence-corrected chi connectivity index (χ1v) is 16.3. The second-order valence-corrected chi connectivity index (χ2v) is 12.6. The van der Waals surface area contributed by atoms with Gasteiger partial charge in [-0.15, -0.1) is 0 Å². The van der Waals surface area contributed by atoms with Crippen LogP contribution in [0.1, 0.15) is 39.0 Å². The molecule has 3 aromatic heterocycles. The highest BCUT2D eigenvalue weighted by Crippen LogP contribution is 2.28. The number of benzene rings is 3. The number of rotatable bonds is 7. The van der Waals surface area contributed by atoms with E-state index in [-0.39, 0.29) is 43.0 Å². The fourth-order valence-electron chi connectivity index (χ4n) is 5.92. The zero-order valence-corrected chi connectivity index (χ0v) is 28.0. The lowest BCUT2D eigenvalue weighted by molar-refractivity contribution is 0.0610. The summed E-state index contributed by atoms with van der Waals surface area (Å²) in [5.74, 6) is -0.182. The average molecular weight is 724 g/mol. The van der Waals surface area contributed by atoms with Crippen molar-refractivity contribution in [2.45, 2.75) is 32.6 Å². The minimum atomic E-state index is -0.463. The lowest BCUT2D eigenvalue weighted by Gasteiger charge is -2.34. The average Bonchev–Trinajstić information content (AvgIpc) is 3.75. The van der Waals surface area contributed by atoms with Crippen LogP contribution in [-0.2, 0) is 19.6 Å². The van der Waals surface area contributed by atoms with Crippen molar-refractivity contribution in [2.24, 2.45) is 0 Å². The van der Waals surface area contributed by atoms with Crippen molar-refractivity contribution in [3.05, 3.63) is 146 Å². The van der Waals surface area contributed by atoms with Crippen LogP contribution in [0, 0.1) is 0 Å².